The molecule has 6 N–H and O–H groups in total. The Hall–Kier alpha value is -7.66. The largest absolute Gasteiger partial charge is 0.496 e. The smallest absolute Gasteiger partial charge is 0.339 e. The van der Waals surface area contributed by atoms with Crippen LogP contribution in [0.4, 0.5) is 21.0 Å². The zero-order valence-corrected chi connectivity index (χ0v) is 34.6. The third-order valence-corrected chi connectivity index (χ3v) is 9.89. The number of carboxylic acids is 1. The maximum Gasteiger partial charge on any atom is 0.339 e. The van der Waals surface area contributed by atoms with E-state index in [2.05, 4.69) is 36.7 Å². The van der Waals surface area contributed by atoms with Crippen molar-refractivity contribution in [1.82, 2.24) is 26.1 Å². The van der Waals surface area contributed by atoms with Crippen molar-refractivity contribution in [1.29, 1.82) is 0 Å². The van der Waals surface area contributed by atoms with E-state index in [-0.39, 0.29) is 41.0 Å². The number of aromatic carboxylic acids is 1. The fourth-order valence-electron chi connectivity index (χ4n) is 6.38. The first kappa shape index (κ1) is 42.5. The summed E-state index contributed by atoms with van der Waals surface area (Å²) in [6.45, 7) is 3.76. The third-order valence-electron chi connectivity index (χ3n) is 9.89. The number of aromatic nitrogens is 2. The summed E-state index contributed by atoms with van der Waals surface area (Å²) < 4.78 is 22.6. The van der Waals surface area contributed by atoms with E-state index in [4.69, 9.17) is 23.8 Å². The number of carboxylic acid groups (broad SMARTS) is 1. The Balaban J connectivity index is 0.000000187. The van der Waals surface area contributed by atoms with Gasteiger partial charge in [0.1, 0.15) is 40.1 Å². The molecule has 8 rings (SSSR count). The molecule has 0 saturated heterocycles. The fourth-order valence-corrected chi connectivity index (χ4v) is 6.38. The maximum atomic E-state index is 12.4. The Morgan fingerprint density at radius 3 is 1.45 bits per heavy atom. The van der Waals surface area contributed by atoms with E-state index in [1.165, 1.54) is 27.4 Å². The molecule has 6 aromatic rings. The maximum absolute atomic E-state index is 12.4. The number of pyridine rings is 2. The number of fused-ring (bicyclic) bond motifs is 2. The van der Waals surface area contributed by atoms with Gasteiger partial charge >= 0.3 is 18.0 Å². The summed E-state index contributed by atoms with van der Waals surface area (Å²) in [6, 6.07) is 20.6. The number of nitrogens with one attached hydrogen (secondary N) is 5. The lowest BCUT2D eigenvalue weighted by Gasteiger charge is -2.14. The first-order valence-electron chi connectivity index (χ1n) is 19.6. The van der Waals surface area contributed by atoms with Crippen molar-refractivity contribution < 1.29 is 48.1 Å². The van der Waals surface area contributed by atoms with E-state index in [0.29, 0.717) is 61.9 Å². The molecule has 320 valence electrons. The van der Waals surface area contributed by atoms with Gasteiger partial charge in [-0.2, -0.15) is 0 Å². The zero-order valence-electron chi connectivity index (χ0n) is 34.6. The van der Waals surface area contributed by atoms with Gasteiger partial charge in [-0.05, 0) is 111 Å². The minimum atomic E-state index is -1.10. The van der Waals surface area contributed by atoms with Gasteiger partial charge in [0.2, 0.25) is 0 Å². The lowest BCUT2D eigenvalue weighted by Crippen LogP contribution is -2.30. The Labute approximate surface area is 356 Å². The SMILES string of the molecule is CONC(=O)c1cc2c(Oc3ccc(NC(=O)NC4CC4)c(C)c3)ccnc2cc1OC.COc1cc2nccc(Oc3ccc(NC(=O)NC4CC4)c(C)c3)c2cc1C(=O)O. The molecule has 17 heteroatoms. The Morgan fingerprint density at radius 1 is 0.597 bits per heavy atom. The molecule has 2 aromatic heterocycles. The van der Waals surface area contributed by atoms with E-state index in [9.17, 15) is 24.3 Å². The van der Waals surface area contributed by atoms with Crippen LogP contribution in [-0.4, -0.2) is 72.4 Å². The van der Waals surface area contributed by atoms with Crippen molar-refractivity contribution in [2.75, 3.05) is 32.0 Å². The molecule has 2 fully saturated rings. The van der Waals surface area contributed by atoms with E-state index in [0.717, 1.165) is 36.8 Å². The molecule has 4 aromatic carbocycles. The second-order valence-corrected chi connectivity index (χ2v) is 14.6. The predicted molar refractivity (Wildman–Crippen MR) is 231 cm³/mol. The monoisotopic (exact) mass is 843 g/mol. The fraction of sp³-hybridized carbons (Fsp3) is 0.244. The van der Waals surface area contributed by atoms with Crippen molar-refractivity contribution in [3.63, 3.8) is 0 Å². The molecule has 17 nitrogen and oxygen atoms in total. The average Bonchev–Trinajstić information content (AvgIpc) is 4.21. The van der Waals surface area contributed by atoms with Crippen molar-refractivity contribution in [2.45, 2.75) is 51.6 Å². The summed E-state index contributed by atoms with van der Waals surface area (Å²) in [5.74, 6) is 1.19. The molecule has 0 aliphatic heterocycles. The van der Waals surface area contributed by atoms with Crippen LogP contribution in [0.25, 0.3) is 21.8 Å². The highest BCUT2D eigenvalue weighted by atomic mass is 16.6. The number of hydrogen-bond acceptors (Lipinski definition) is 11. The summed E-state index contributed by atoms with van der Waals surface area (Å²) in [5.41, 5.74) is 6.87. The van der Waals surface area contributed by atoms with Crippen LogP contribution in [0.15, 0.2) is 85.2 Å². The number of amides is 5. The number of carbonyl (C=O) groups is 4. The normalized spacial score (nSPS) is 12.9. The first-order valence-corrected chi connectivity index (χ1v) is 19.6. The highest BCUT2D eigenvalue weighted by molar-refractivity contribution is 6.02. The van der Waals surface area contributed by atoms with Gasteiger partial charge in [-0.15, -0.1) is 0 Å². The van der Waals surface area contributed by atoms with E-state index >= 15 is 0 Å². The second kappa shape index (κ2) is 18.7. The molecular weight excluding hydrogens is 799 g/mol. The van der Waals surface area contributed by atoms with Crippen molar-refractivity contribution >= 4 is 57.1 Å². The van der Waals surface area contributed by atoms with Gasteiger partial charge in [0, 0.05) is 58.8 Å². The van der Waals surface area contributed by atoms with Crippen LogP contribution < -0.4 is 45.7 Å². The van der Waals surface area contributed by atoms with Gasteiger partial charge in [0.05, 0.1) is 37.9 Å². The Morgan fingerprint density at radius 2 is 1.05 bits per heavy atom. The molecule has 62 heavy (non-hydrogen) atoms. The van der Waals surface area contributed by atoms with Gasteiger partial charge in [-0.1, -0.05) is 0 Å². The highest BCUT2D eigenvalue weighted by Crippen LogP contribution is 2.36. The average molecular weight is 844 g/mol. The van der Waals surface area contributed by atoms with Gasteiger partial charge in [0.25, 0.3) is 5.91 Å². The number of rotatable bonds is 13. The van der Waals surface area contributed by atoms with Gasteiger partial charge in [-0.25, -0.2) is 19.9 Å². The van der Waals surface area contributed by atoms with E-state index in [1.807, 2.05) is 19.9 Å². The zero-order chi connectivity index (χ0) is 43.9. The van der Waals surface area contributed by atoms with Crippen molar-refractivity contribution in [2.24, 2.45) is 0 Å². The number of ether oxygens (including phenoxy) is 4. The number of nitrogens with zero attached hydrogens (tertiary/aromatic N) is 2. The minimum absolute atomic E-state index is 0.0280. The molecule has 5 amide bonds. The van der Waals surface area contributed by atoms with Crippen LogP contribution in [0.1, 0.15) is 57.5 Å². The first-order chi connectivity index (χ1) is 29.9. The Kier molecular flexibility index (Phi) is 12.8. The van der Waals surface area contributed by atoms with Crippen LogP contribution >= 0.6 is 0 Å². The van der Waals surface area contributed by atoms with Gasteiger partial charge in [0.15, 0.2) is 0 Å². The molecule has 0 spiro atoms. The molecular formula is C45H45N7O10. The van der Waals surface area contributed by atoms with Crippen LogP contribution in [0.5, 0.6) is 34.5 Å². The van der Waals surface area contributed by atoms with Crippen molar-refractivity contribution in [3.05, 3.63) is 107 Å². The molecule has 2 saturated carbocycles. The minimum Gasteiger partial charge on any atom is -0.496 e. The topological polar surface area (TPSA) is 221 Å². The summed E-state index contributed by atoms with van der Waals surface area (Å²) in [4.78, 5) is 61.3. The van der Waals surface area contributed by atoms with E-state index in [1.54, 1.807) is 73.1 Å². The van der Waals surface area contributed by atoms with E-state index < -0.39 is 11.9 Å². The predicted octanol–water partition coefficient (Wildman–Crippen LogP) is 8.25. The third kappa shape index (κ3) is 10.4. The summed E-state index contributed by atoms with van der Waals surface area (Å²) >= 11 is 0. The number of methoxy groups -OCH3 is 2. The number of urea groups is 2. The Bertz CT molecular complexity index is 2680. The lowest BCUT2D eigenvalue weighted by molar-refractivity contribution is 0.0534. The van der Waals surface area contributed by atoms with Crippen LogP contribution in [-0.2, 0) is 4.84 Å². The van der Waals surface area contributed by atoms with Crippen LogP contribution in [0, 0.1) is 13.8 Å². The number of aryl methyl sites for hydroxylation is 2. The summed E-state index contributed by atoms with van der Waals surface area (Å²) in [6.07, 6.45) is 7.31. The number of hydrogen-bond donors (Lipinski definition) is 6. The summed E-state index contributed by atoms with van der Waals surface area (Å²) in [5, 5.41) is 22.1. The molecule has 0 unspecified atom stereocenters. The molecule has 0 bridgehead atoms. The van der Waals surface area contributed by atoms with Gasteiger partial charge < -0.3 is 45.3 Å². The number of carbonyl (C=O) groups excluding carboxylic acids is 3. The highest BCUT2D eigenvalue weighted by Gasteiger charge is 2.25. The molecule has 0 atom stereocenters. The number of anilines is 2. The van der Waals surface area contributed by atoms with Gasteiger partial charge in [-0.3, -0.25) is 19.6 Å². The lowest BCUT2D eigenvalue weighted by atomic mass is 10.1. The summed E-state index contributed by atoms with van der Waals surface area (Å²) in [7, 11) is 4.25. The molecule has 0 radical (unpaired) electrons. The van der Waals surface area contributed by atoms with Crippen LogP contribution in [0.3, 0.4) is 0 Å². The van der Waals surface area contributed by atoms with Crippen LogP contribution in [0.2, 0.25) is 0 Å². The number of benzene rings is 4. The quantitative estimate of drug-likeness (QED) is 0.0606. The standard InChI is InChI=1S/C23H24N4O5.C22H21N3O5/c1-13-10-15(6-7-18(13)26-23(29)25-14-4-5-14)32-20-8-9-24-19-12-21(30-2)17(11-16(19)20)22(28)27-31-3;1-12-9-14(5-6-17(12)25-22(28)24-13-3-4-13)30-19-7-8-23-18-11-20(29-2)16(21(26)27)10-15(18)19/h6-12,14H,4-5H2,1-3H3,(H,27,28)(H2,25,26,29);5-11,13H,3-4H2,1-2H3,(H,26,27)(H2,24,25,28). The second-order valence-electron chi connectivity index (χ2n) is 14.6. The molecule has 2 heterocycles. The van der Waals surface area contributed by atoms with Crippen molar-refractivity contribution in [3.8, 4) is 34.5 Å². The number of hydroxylamine groups is 1. The molecule has 2 aliphatic rings. The molecule has 2 aliphatic carbocycles.